The third-order valence-corrected chi connectivity index (χ3v) is 5.27. The zero-order valence-corrected chi connectivity index (χ0v) is 16.1. The highest BCUT2D eigenvalue weighted by molar-refractivity contribution is 5.80. The van der Waals surface area contributed by atoms with Crippen LogP contribution in [0.4, 0.5) is 4.39 Å². The lowest BCUT2D eigenvalue weighted by atomic mass is 9.96. The van der Waals surface area contributed by atoms with Crippen LogP contribution in [0.5, 0.6) is 0 Å². The normalized spacial score (nSPS) is 15.6. The highest BCUT2D eigenvalue weighted by atomic mass is 19.1. The molecule has 5 nitrogen and oxygen atoms in total. The van der Waals surface area contributed by atoms with Gasteiger partial charge >= 0.3 is 0 Å². The second-order valence-corrected chi connectivity index (χ2v) is 7.36. The Morgan fingerprint density at radius 2 is 2.04 bits per heavy atom. The molecule has 1 fully saturated rings. The van der Waals surface area contributed by atoms with E-state index in [1.165, 1.54) is 6.07 Å². The van der Waals surface area contributed by atoms with Crippen molar-refractivity contribution in [2.45, 2.75) is 31.6 Å². The first-order valence-electron chi connectivity index (χ1n) is 9.90. The second kappa shape index (κ2) is 8.00. The third kappa shape index (κ3) is 4.16. The summed E-state index contributed by atoms with van der Waals surface area (Å²) >= 11 is 0. The molecule has 0 bridgehead atoms. The van der Waals surface area contributed by atoms with Crippen molar-refractivity contribution in [2.24, 2.45) is 4.99 Å². The molecule has 4 rings (SSSR count). The summed E-state index contributed by atoms with van der Waals surface area (Å²) in [6.45, 7) is 4.24. The monoisotopic (exact) mass is 379 g/mol. The van der Waals surface area contributed by atoms with Crippen LogP contribution in [-0.4, -0.2) is 35.6 Å². The van der Waals surface area contributed by atoms with Crippen LogP contribution in [0.1, 0.15) is 31.2 Å². The van der Waals surface area contributed by atoms with Gasteiger partial charge in [-0.05, 0) is 49.6 Å². The predicted molar refractivity (Wildman–Crippen MR) is 111 cm³/mol. The quantitative estimate of drug-likeness (QED) is 0.435. The van der Waals surface area contributed by atoms with Crippen LogP contribution in [-0.2, 0) is 11.8 Å². The number of aliphatic imine (C=N–C) groups is 1. The molecule has 3 aromatic rings. The standard InChI is InChI=1S/C22H26FN5/c1-2-24-21(25-13-10-20-27-18-8-3-4-9-19(18)28-20)26-15-22(11-12-22)16-6-5-7-17(23)14-16/h3-9,14H,2,10-13,15H2,1H3,(H,27,28)(H2,24,25,26). The topological polar surface area (TPSA) is 65.1 Å². The van der Waals surface area contributed by atoms with Crippen LogP contribution in [0, 0.1) is 5.82 Å². The Balaban J connectivity index is 1.37. The number of hydrogen-bond acceptors (Lipinski definition) is 2. The van der Waals surface area contributed by atoms with E-state index < -0.39 is 0 Å². The average molecular weight is 379 g/mol. The first kappa shape index (κ1) is 18.5. The molecule has 28 heavy (non-hydrogen) atoms. The van der Waals surface area contributed by atoms with Crippen molar-refractivity contribution >= 4 is 17.0 Å². The molecule has 3 N–H and O–H groups in total. The lowest BCUT2D eigenvalue weighted by molar-refractivity contribution is 0.615. The summed E-state index contributed by atoms with van der Waals surface area (Å²) in [6.07, 6.45) is 2.89. The fourth-order valence-corrected chi connectivity index (χ4v) is 3.50. The number of aromatic nitrogens is 2. The zero-order chi connectivity index (χ0) is 19.4. The molecule has 1 saturated carbocycles. The van der Waals surface area contributed by atoms with Crippen LogP contribution in [0.3, 0.4) is 0 Å². The van der Waals surface area contributed by atoms with Gasteiger partial charge in [-0.1, -0.05) is 24.3 Å². The molecule has 0 atom stereocenters. The van der Waals surface area contributed by atoms with Gasteiger partial charge in [-0.2, -0.15) is 0 Å². The Morgan fingerprint density at radius 3 is 2.79 bits per heavy atom. The van der Waals surface area contributed by atoms with Crippen molar-refractivity contribution in [3.63, 3.8) is 0 Å². The third-order valence-electron chi connectivity index (χ3n) is 5.27. The van der Waals surface area contributed by atoms with Gasteiger partial charge in [0.2, 0.25) is 0 Å². The van der Waals surface area contributed by atoms with Gasteiger partial charge in [0.25, 0.3) is 0 Å². The van der Waals surface area contributed by atoms with E-state index in [9.17, 15) is 4.39 Å². The fourth-order valence-electron chi connectivity index (χ4n) is 3.50. The summed E-state index contributed by atoms with van der Waals surface area (Å²) in [4.78, 5) is 12.7. The minimum absolute atomic E-state index is 0.0107. The van der Waals surface area contributed by atoms with Gasteiger partial charge in [0.15, 0.2) is 5.96 Å². The van der Waals surface area contributed by atoms with Gasteiger partial charge in [0, 0.05) is 24.9 Å². The molecular formula is C22H26FN5. The van der Waals surface area contributed by atoms with Crippen molar-refractivity contribution in [3.8, 4) is 0 Å². The molecule has 1 heterocycles. The molecule has 1 aliphatic rings. The van der Waals surface area contributed by atoms with Crippen LogP contribution < -0.4 is 10.6 Å². The minimum Gasteiger partial charge on any atom is -0.357 e. The number of halogens is 1. The summed E-state index contributed by atoms with van der Waals surface area (Å²) in [5.74, 6) is 1.58. The molecule has 0 radical (unpaired) electrons. The molecule has 146 valence electrons. The van der Waals surface area contributed by atoms with E-state index in [1.807, 2.05) is 30.3 Å². The Bertz CT molecular complexity index is 941. The van der Waals surface area contributed by atoms with E-state index >= 15 is 0 Å². The maximum Gasteiger partial charge on any atom is 0.191 e. The van der Waals surface area contributed by atoms with Crippen molar-refractivity contribution in [1.82, 2.24) is 20.6 Å². The average Bonchev–Trinajstić information content (AvgIpc) is 3.38. The molecule has 6 heteroatoms. The van der Waals surface area contributed by atoms with Gasteiger partial charge in [-0.3, -0.25) is 4.99 Å². The summed E-state index contributed by atoms with van der Waals surface area (Å²) < 4.78 is 13.6. The predicted octanol–water partition coefficient (Wildman–Crippen LogP) is 3.53. The minimum atomic E-state index is -0.177. The maximum atomic E-state index is 13.6. The van der Waals surface area contributed by atoms with Gasteiger partial charge in [0.1, 0.15) is 11.6 Å². The summed E-state index contributed by atoms with van der Waals surface area (Å²) in [5, 5.41) is 6.67. The van der Waals surface area contributed by atoms with Crippen molar-refractivity contribution in [1.29, 1.82) is 0 Å². The van der Waals surface area contributed by atoms with Crippen molar-refractivity contribution < 1.29 is 4.39 Å². The Labute approximate surface area is 164 Å². The molecule has 0 saturated heterocycles. The van der Waals surface area contributed by atoms with Gasteiger partial charge in [-0.15, -0.1) is 0 Å². The lowest BCUT2D eigenvalue weighted by Gasteiger charge is -2.16. The molecule has 1 aliphatic carbocycles. The molecule has 0 unspecified atom stereocenters. The first-order valence-corrected chi connectivity index (χ1v) is 9.90. The van der Waals surface area contributed by atoms with E-state index in [-0.39, 0.29) is 11.2 Å². The zero-order valence-electron chi connectivity index (χ0n) is 16.1. The van der Waals surface area contributed by atoms with E-state index in [2.05, 4.69) is 27.5 Å². The number of para-hydroxylation sites is 2. The fraction of sp³-hybridized carbons (Fsp3) is 0.364. The number of nitrogens with one attached hydrogen (secondary N) is 3. The SMILES string of the molecule is CCNC(=NCC1(c2cccc(F)c2)CC1)NCCc1nc2ccccc2[nH]1. The molecule has 2 aromatic carbocycles. The van der Waals surface area contributed by atoms with Gasteiger partial charge < -0.3 is 15.6 Å². The highest BCUT2D eigenvalue weighted by Crippen LogP contribution is 2.48. The Kier molecular flexibility index (Phi) is 5.28. The molecular weight excluding hydrogens is 353 g/mol. The number of benzene rings is 2. The number of hydrogen-bond donors (Lipinski definition) is 3. The largest absolute Gasteiger partial charge is 0.357 e. The number of nitrogens with zero attached hydrogens (tertiary/aromatic N) is 2. The summed E-state index contributed by atoms with van der Waals surface area (Å²) in [6, 6.07) is 15.0. The summed E-state index contributed by atoms with van der Waals surface area (Å²) in [7, 11) is 0. The Morgan fingerprint density at radius 1 is 1.18 bits per heavy atom. The molecule has 1 aromatic heterocycles. The Hall–Kier alpha value is -2.89. The molecule has 0 aliphatic heterocycles. The summed E-state index contributed by atoms with van der Waals surface area (Å²) in [5.41, 5.74) is 3.09. The second-order valence-electron chi connectivity index (χ2n) is 7.36. The lowest BCUT2D eigenvalue weighted by Crippen LogP contribution is -2.39. The smallest absolute Gasteiger partial charge is 0.191 e. The number of guanidine groups is 1. The highest BCUT2D eigenvalue weighted by Gasteiger charge is 2.44. The van der Waals surface area contributed by atoms with Crippen LogP contribution in [0.2, 0.25) is 0 Å². The van der Waals surface area contributed by atoms with E-state index in [1.54, 1.807) is 12.1 Å². The van der Waals surface area contributed by atoms with Crippen LogP contribution in [0.25, 0.3) is 11.0 Å². The first-order chi connectivity index (χ1) is 13.7. The number of H-pyrrole nitrogens is 1. The van der Waals surface area contributed by atoms with Gasteiger partial charge in [0.05, 0.1) is 17.6 Å². The van der Waals surface area contributed by atoms with E-state index in [0.29, 0.717) is 6.54 Å². The van der Waals surface area contributed by atoms with E-state index in [4.69, 9.17) is 4.99 Å². The maximum absolute atomic E-state index is 13.6. The number of imidazole rings is 1. The number of rotatable bonds is 7. The number of aromatic amines is 1. The van der Waals surface area contributed by atoms with Gasteiger partial charge in [-0.25, -0.2) is 9.37 Å². The molecule has 0 spiro atoms. The van der Waals surface area contributed by atoms with Crippen LogP contribution in [0.15, 0.2) is 53.5 Å². The number of fused-ring (bicyclic) bond motifs is 1. The van der Waals surface area contributed by atoms with Crippen molar-refractivity contribution in [2.75, 3.05) is 19.6 Å². The van der Waals surface area contributed by atoms with Crippen LogP contribution >= 0.6 is 0 Å². The van der Waals surface area contributed by atoms with Crippen molar-refractivity contribution in [3.05, 3.63) is 65.7 Å². The van der Waals surface area contributed by atoms with E-state index in [0.717, 1.165) is 60.7 Å². The molecule has 0 amide bonds.